The topological polar surface area (TPSA) is 95.9 Å². The molecule has 0 saturated carbocycles. The van der Waals surface area contributed by atoms with Crippen molar-refractivity contribution in [1.82, 2.24) is 0 Å². The van der Waals surface area contributed by atoms with Crippen LogP contribution in [0, 0.1) is 0 Å². The van der Waals surface area contributed by atoms with Gasteiger partial charge in [-0.3, -0.25) is 9.36 Å². The molecule has 34 heavy (non-hydrogen) atoms. The lowest BCUT2D eigenvalue weighted by Crippen LogP contribution is -2.37. The lowest BCUT2D eigenvalue weighted by Gasteiger charge is -2.27. The molecule has 0 rings (SSSR count). The maximum Gasteiger partial charge on any atom is 0.268 e. The number of hydrogen-bond donors (Lipinski definition) is 1. The van der Waals surface area contributed by atoms with Crippen LogP contribution in [-0.2, 0) is 18.4 Å². The molecule has 0 fully saturated rings. The molecule has 200 valence electrons. The molecule has 0 aromatic carbocycles. The van der Waals surface area contributed by atoms with Gasteiger partial charge in [0, 0.05) is 6.42 Å². The highest BCUT2D eigenvalue weighted by atomic mass is 31.2. The first-order valence-electron chi connectivity index (χ1n) is 13.0. The fourth-order valence-electron chi connectivity index (χ4n) is 3.26. The van der Waals surface area contributed by atoms with Gasteiger partial charge < -0.3 is 23.5 Å². The highest BCUT2D eigenvalue weighted by Crippen LogP contribution is 2.38. The van der Waals surface area contributed by atoms with E-state index in [0.717, 1.165) is 12.8 Å². The molecule has 0 amide bonds. The predicted octanol–water partition coefficient (Wildman–Crippen LogP) is 5.33. The Morgan fingerprint density at radius 3 is 2.06 bits per heavy atom. The number of phosphoric ester groups is 1. The third kappa shape index (κ3) is 24.3. The molecule has 0 spiro atoms. The number of aliphatic hydroxyl groups excluding tert-OH is 1. The zero-order chi connectivity index (χ0) is 25.7. The predicted molar refractivity (Wildman–Crippen MR) is 137 cm³/mol. The van der Waals surface area contributed by atoms with Gasteiger partial charge in [-0.2, -0.15) is 0 Å². The third-order valence-electron chi connectivity index (χ3n) is 5.38. The lowest BCUT2D eigenvalue weighted by atomic mass is 10.1. The fourth-order valence-corrected chi connectivity index (χ4v) is 4.00. The number of hydrogen-bond acceptors (Lipinski definition) is 6. The van der Waals surface area contributed by atoms with Gasteiger partial charge in [0.05, 0.1) is 33.9 Å². The molecule has 0 aliphatic rings. The average Bonchev–Trinajstić information content (AvgIpc) is 2.74. The van der Waals surface area contributed by atoms with Crippen molar-refractivity contribution in [1.29, 1.82) is 0 Å². The number of likely N-dealkylation sites (N-methyl/N-ethyl adjacent to an activating group) is 1. The summed E-state index contributed by atoms with van der Waals surface area (Å²) < 4.78 is 21.7. The monoisotopic (exact) mass is 503 g/mol. The Morgan fingerprint density at radius 2 is 1.50 bits per heavy atom. The summed E-state index contributed by atoms with van der Waals surface area (Å²) in [6.45, 7) is 2.24. The number of allylic oxidation sites excluding steroid dienone is 4. The number of phosphoric acid groups is 1. The van der Waals surface area contributed by atoms with Gasteiger partial charge in [-0.25, -0.2) is 0 Å². The highest BCUT2D eigenvalue weighted by molar-refractivity contribution is 7.45. The van der Waals surface area contributed by atoms with E-state index in [2.05, 4.69) is 11.4 Å². The Kier molecular flexibility index (Phi) is 19.9. The number of quaternary nitrogens is 1. The van der Waals surface area contributed by atoms with Crippen molar-refractivity contribution < 1.29 is 32.9 Å². The van der Waals surface area contributed by atoms with Crippen molar-refractivity contribution in [2.75, 3.05) is 40.9 Å². The van der Waals surface area contributed by atoms with Crippen LogP contribution in [-0.4, -0.2) is 62.4 Å². The molecule has 1 N–H and O–H groups in total. The molecule has 0 heterocycles. The van der Waals surface area contributed by atoms with Crippen molar-refractivity contribution in [3.63, 3.8) is 0 Å². The van der Waals surface area contributed by atoms with Crippen LogP contribution < -0.4 is 4.89 Å². The van der Waals surface area contributed by atoms with Crippen LogP contribution in [0.2, 0.25) is 0 Å². The molecule has 0 bridgehead atoms. The molecule has 2 atom stereocenters. The van der Waals surface area contributed by atoms with E-state index in [1.54, 1.807) is 6.08 Å². The summed E-state index contributed by atoms with van der Waals surface area (Å²) in [4.78, 5) is 23.6. The van der Waals surface area contributed by atoms with Crippen molar-refractivity contribution in [2.45, 2.75) is 96.5 Å². The van der Waals surface area contributed by atoms with E-state index in [4.69, 9.17) is 4.52 Å². The van der Waals surface area contributed by atoms with Gasteiger partial charge in [-0.1, -0.05) is 89.4 Å². The van der Waals surface area contributed by atoms with Crippen molar-refractivity contribution in [3.8, 4) is 0 Å². The number of carbonyl (C=O) groups is 1. The molecular formula is C26H50NO6P. The van der Waals surface area contributed by atoms with Gasteiger partial charge in [-0.15, -0.1) is 0 Å². The van der Waals surface area contributed by atoms with Crippen LogP contribution in [0.25, 0.3) is 0 Å². The van der Waals surface area contributed by atoms with Gasteiger partial charge in [0.2, 0.25) is 0 Å². The van der Waals surface area contributed by atoms with E-state index >= 15 is 0 Å². The Morgan fingerprint density at radius 1 is 0.941 bits per heavy atom. The molecule has 0 aromatic rings. The standard InChI is InChI=1S/C26H50NO6P/c1-5-6-7-8-9-10-11-12-13-14-15-16-17-18-19-20-25(28)23-26(29)24-33-34(30,31)32-22-21-27(2,3)4/h17-20,26,29H,5-16,21-24H2,1-4H3/b18-17+,20-19+. The van der Waals surface area contributed by atoms with Crippen molar-refractivity contribution in [2.24, 2.45) is 0 Å². The van der Waals surface area contributed by atoms with Gasteiger partial charge >= 0.3 is 0 Å². The number of aliphatic hydroxyl groups is 1. The summed E-state index contributed by atoms with van der Waals surface area (Å²) in [5.41, 5.74) is 0. The Bertz CT molecular complexity index is 615. The van der Waals surface area contributed by atoms with Crippen LogP contribution in [0.1, 0.15) is 90.4 Å². The largest absolute Gasteiger partial charge is 0.756 e. The van der Waals surface area contributed by atoms with E-state index in [1.807, 2.05) is 33.3 Å². The van der Waals surface area contributed by atoms with E-state index in [9.17, 15) is 19.4 Å². The number of rotatable bonds is 23. The minimum Gasteiger partial charge on any atom is -0.756 e. The van der Waals surface area contributed by atoms with Crippen LogP contribution in [0.5, 0.6) is 0 Å². The van der Waals surface area contributed by atoms with Crippen molar-refractivity contribution in [3.05, 3.63) is 24.3 Å². The van der Waals surface area contributed by atoms with Crippen molar-refractivity contribution >= 4 is 13.6 Å². The molecule has 8 heteroatoms. The van der Waals surface area contributed by atoms with E-state index in [-0.39, 0.29) is 18.8 Å². The van der Waals surface area contributed by atoms with Crippen LogP contribution >= 0.6 is 7.82 Å². The first kappa shape index (κ1) is 33.2. The van der Waals surface area contributed by atoms with Gasteiger partial charge in [0.15, 0.2) is 5.78 Å². The van der Waals surface area contributed by atoms with Gasteiger partial charge in [0.25, 0.3) is 7.82 Å². The Hall–Kier alpha value is -0.820. The molecule has 2 unspecified atom stereocenters. The zero-order valence-electron chi connectivity index (χ0n) is 22.1. The second-order valence-electron chi connectivity index (χ2n) is 10.0. The molecular weight excluding hydrogens is 453 g/mol. The van der Waals surface area contributed by atoms with Crippen LogP contribution in [0.3, 0.4) is 0 Å². The maximum absolute atomic E-state index is 11.9. The smallest absolute Gasteiger partial charge is 0.268 e. The number of unbranched alkanes of at least 4 members (excludes halogenated alkanes) is 11. The first-order valence-corrected chi connectivity index (χ1v) is 14.5. The quantitative estimate of drug-likeness (QED) is 0.0666. The normalized spacial score (nSPS) is 15.2. The summed E-state index contributed by atoms with van der Waals surface area (Å²) >= 11 is 0. The highest BCUT2D eigenvalue weighted by Gasteiger charge is 2.16. The lowest BCUT2D eigenvalue weighted by molar-refractivity contribution is -0.870. The summed E-state index contributed by atoms with van der Waals surface area (Å²) in [7, 11) is 1.25. The third-order valence-corrected chi connectivity index (χ3v) is 6.34. The summed E-state index contributed by atoms with van der Waals surface area (Å²) in [6, 6.07) is 0. The SMILES string of the molecule is CCCCCCCCCCCCC/C=C/C=C/C(=O)CC(O)COP(=O)([O-])OCC[N+](C)(C)C. The second-order valence-corrected chi connectivity index (χ2v) is 11.4. The summed E-state index contributed by atoms with van der Waals surface area (Å²) in [6.07, 6.45) is 21.0. The second kappa shape index (κ2) is 20.4. The minimum absolute atomic E-state index is 0.00638. The zero-order valence-corrected chi connectivity index (χ0v) is 23.0. The van der Waals surface area contributed by atoms with Crippen LogP contribution in [0.15, 0.2) is 24.3 Å². The summed E-state index contributed by atoms with van der Waals surface area (Å²) in [5.74, 6) is -0.290. The number of nitrogens with zero attached hydrogens (tertiary/aromatic N) is 1. The first-order chi connectivity index (χ1) is 16.1. The summed E-state index contributed by atoms with van der Waals surface area (Å²) in [5, 5.41) is 9.85. The average molecular weight is 504 g/mol. The van der Waals surface area contributed by atoms with Gasteiger partial charge in [-0.05, 0) is 18.9 Å². The number of ketones is 1. The Balaban J connectivity index is 3.76. The molecule has 0 aliphatic carbocycles. The van der Waals surface area contributed by atoms with Crippen LogP contribution in [0.4, 0.5) is 0 Å². The van der Waals surface area contributed by atoms with E-state index in [1.165, 1.54) is 70.3 Å². The Labute approximate surface area is 208 Å². The number of carbonyl (C=O) groups excluding carboxylic acids is 1. The fraction of sp³-hybridized carbons (Fsp3) is 0.808. The molecule has 0 aromatic heterocycles. The van der Waals surface area contributed by atoms with Gasteiger partial charge in [0.1, 0.15) is 13.2 Å². The minimum atomic E-state index is -4.49. The molecule has 0 aliphatic heterocycles. The van der Waals surface area contributed by atoms with E-state index in [0.29, 0.717) is 11.0 Å². The molecule has 0 radical (unpaired) electrons. The van der Waals surface area contributed by atoms with E-state index < -0.39 is 20.5 Å². The maximum atomic E-state index is 11.9. The molecule has 0 saturated heterocycles. The molecule has 7 nitrogen and oxygen atoms in total.